The highest BCUT2D eigenvalue weighted by atomic mass is 19.1. The van der Waals surface area contributed by atoms with Gasteiger partial charge in [0.05, 0.1) is 12.7 Å². The van der Waals surface area contributed by atoms with Crippen LogP contribution in [0.5, 0.6) is 0 Å². The molecule has 3 heteroatoms. The largest absolute Gasteiger partial charge is 0.388 e. The lowest BCUT2D eigenvalue weighted by molar-refractivity contribution is 0.0884. The maximum atomic E-state index is 13.8. The lowest BCUT2D eigenvalue weighted by Crippen LogP contribution is -2.15. The van der Waals surface area contributed by atoms with Gasteiger partial charge < -0.3 is 9.84 Å². The molecular weight excluding hydrogens is 207 g/mol. The summed E-state index contributed by atoms with van der Waals surface area (Å²) in [7, 11) is 0. The van der Waals surface area contributed by atoms with Crippen LogP contribution >= 0.6 is 0 Å². The Labute approximate surface area is 95.1 Å². The van der Waals surface area contributed by atoms with E-state index in [1.54, 1.807) is 0 Å². The minimum atomic E-state index is -0.747. The van der Waals surface area contributed by atoms with Gasteiger partial charge in [0.2, 0.25) is 0 Å². The second-order valence-electron chi connectivity index (χ2n) is 4.55. The smallest absolute Gasteiger partial charge is 0.129 e. The molecule has 0 aliphatic carbocycles. The average Bonchev–Trinajstić information content (AvgIpc) is 2.67. The molecule has 1 aromatic carbocycles. The number of rotatable bonds is 2. The second kappa shape index (κ2) is 4.52. The third-order valence-electron chi connectivity index (χ3n) is 3.19. The Bertz CT molecular complexity index is 361. The van der Waals surface area contributed by atoms with Crippen LogP contribution in [0, 0.1) is 25.6 Å². The van der Waals surface area contributed by atoms with E-state index in [9.17, 15) is 9.50 Å². The third kappa shape index (κ3) is 2.11. The van der Waals surface area contributed by atoms with Gasteiger partial charge in [0.1, 0.15) is 5.82 Å². The van der Waals surface area contributed by atoms with Crippen molar-refractivity contribution in [3.05, 3.63) is 34.6 Å². The van der Waals surface area contributed by atoms with Gasteiger partial charge in [-0.05, 0) is 37.5 Å². The van der Waals surface area contributed by atoms with E-state index in [1.165, 1.54) is 6.07 Å². The molecule has 1 N–H and O–H groups in total. The molecule has 1 aliphatic heterocycles. The van der Waals surface area contributed by atoms with E-state index in [4.69, 9.17) is 4.74 Å². The van der Waals surface area contributed by atoms with Gasteiger partial charge in [0, 0.05) is 18.1 Å². The normalized spacial score (nSPS) is 22.4. The number of aliphatic hydroxyl groups excluding tert-OH is 1. The van der Waals surface area contributed by atoms with E-state index in [2.05, 4.69) is 0 Å². The summed E-state index contributed by atoms with van der Waals surface area (Å²) < 4.78 is 19.0. The van der Waals surface area contributed by atoms with Crippen molar-refractivity contribution in [3.8, 4) is 0 Å². The molecule has 2 nitrogen and oxygen atoms in total. The molecule has 0 saturated carbocycles. The zero-order valence-electron chi connectivity index (χ0n) is 9.66. The second-order valence-corrected chi connectivity index (χ2v) is 4.55. The number of aryl methyl sites for hydroxylation is 2. The maximum absolute atomic E-state index is 13.8. The summed E-state index contributed by atoms with van der Waals surface area (Å²) in [6.07, 6.45) is 0.0524. The summed E-state index contributed by atoms with van der Waals surface area (Å²) in [5.74, 6) is -0.284. The van der Waals surface area contributed by atoms with Crippen LogP contribution in [0.1, 0.15) is 29.2 Å². The van der Waals surface area contributed by atoms with Crippen LogP contribution in [0.4, 0.5) is 4.39 Å². The Hall–Kier alpha value is -0.930. The summed E-state index contributed by atoms with van der Waals surface area (Å²) in [6.45, 7) is 4.87. The Kier molecular flexibility index (Phi) is 3.26. The van der Waals surface area contributed by atoms with Crippen molar-refractivity contribution < 1.29 is 14.2 Å². The molecule has 2 atom stereocenters. The van der Waals surface area contributed by atoms with Crippen LogP contribution in [-0.2, 0) is 4.74 Å². The Morgan fingerprint density at radius 2 is 2.19 bits per heavy atom. The average molecular weight is 224 g/mol. The van der Waals surface area contributed by atoms with Gasteiger partial charge in [-0.1, -0.05) is 6.07 Å². The predicted molar refractivity (Wildman–Crippen MR) is 59.8 cm³/mol. The lowest BCUT2D eigenvalue weighted by Gasteiger charge is -2.20. The van der Waals surface area contributed by atoms with Crippen molar-refractivity contribution in [2.45, 2.75) is 26.4 Å². The molecule has 1 heterocycles. The van der Waals surface area contributed by atoms with Crippen molar-refractivity contribution in [1.29, 1.82) is 0 Å². The zero-order valence-corrected chi connectivity index (χ0v) is 9.66. The molecule has 0 radical (unpaired) electrons. The fraction of sp³-hybridized carbons (Fsp3) is 0.538. The zero-order chi connectivity index (χ0) is 11.7. The van der Waals surface area contributed by atoms with Crippen molar-refractivity contribution in [1.82, 2.24) is 0 Å². The van der Waals surface area contributed by atoms with Crippen molar-refractivity contribution in [2.75, 3.05) is 13.2 Å². The van der Waals surface area contributed by atoms with Crippen LogP contribution in [0.25, 0.3) is 0 Å². The fourth-order valence-electron chi connectivity index (χ4n) is 2.34. The van der Waals surface area contributed by atoms with Gasteiger partial charge in [-0.25, -0.2) is 4.39 Å². The highest BCUT2D eigenvalue weighted by molar-refractivity contribution is 5.34. The number of aliphatic hydroxyl groups is 1. The molecule has 2 unspecified atom stereocenters. The summed E-state index contributed by atoms with van der Waals surface area (Å²) in [6, 6.07) is 3.37. The SMILES string of the molecule is Cc1cc(C)c(C(O)C2CCOC2)c(F)c1. The molecule has 0 bridgehead atoms. The van der Waals surface area contributed by atoms with Crippen molar-refractivity contribution in [3.63, 3.8) is 0 Å². The molecule has 1 fully saturated rings. The maximum Gasteiger partial charge on any atom is 0.129 e. The predicted octanol–water partition coefficient (Wildman–Crippen LogP) is 2.51. The van der Waals surface area contributed by atoms with Crippen molar-refractivity contribution >= 4 is 0 Å². The number of ether oxygens (including phenoxy) is 1. The highest BCUT2D eigenvalue weighted by Gasteiger charge is 2.28. The van der Waals surface area contributed by atoms with Crippen LogP contribution in [0.2, 0.25) is 0 Å². The molecule has 0 spiro atoms. The number of benzene rings is 1. The van der Waals surface area contributed by atoms with Crippen LogP contribution in [-0.4, -0.2) is 18.3 Å². The topological polar surface area (TPSA) is 29.5 Å². The van der Waals surface area contributed by atoms with Gasteiger partial charge in [0.25, 0.3) is 0 Å². The van der Waals surface area contributed by atoms with E-state index in [0.29, 0.717) is 18.8 Å². The first-order chi connectivity index (χ1) is 7.59. The van der Waals surface area contributed by atoms with Gasteiger partial charge in [-0.3, -0.25) is 0 Å². The standard InChI is InChI=1S/C13H17FO2/c1-8-5-9(2)12(11(14)6-8)13(15)10-3-4-16-7-10/h5-6,10,13,15H,3-4,7H2,1-2H3. The number of hydrogen-bond donors (Lipinski definition) is 1. The molecule has 1 aliphatic rings. The van der Waals surface area contributed by atoms with E-state index in [-0.39, 0.29) is 11.7 Å². The Balaban J connectivity index is 2.31. The molecule has 1 aromatic rings. The van der Waals surface area contributed by atoms with Crippen LogP contribution < -0.4 is 0 Å². The quantitative estimate of drug-likeness (QED) is 0.836. The summed E-state index contributed by atoms with van der Waals surface area (Å²) in [5, 5.41) is 10.2. The van der Waals surface area contributed by atoms with Crippen molar-refractivity contribution in [2.24, 2.45) is 5.92 Å². The minimum Gasteiger partial charge on any atom is -0.388 e. The third-order valence-corrected chi connectivity index (χ3v) is 3.19. The molecule has 1 saturated heterocycles. The fourth-order valence-corrected chi connectivity index (χ4v) is 2.34. The first-order valence-electron chi connectivity index (χ1n) is 5.62. The highest BCUT2D eigenvalue weighted by Crippen LogP contribution is 2.32. The minimum absolute atomic E-state index is 0.0240. The van der Waals surface area contributed by atoms with Gasteiger partial charge >= 0.3 is 0 Å². The number of hydrogen-bond acceptors (Lipinski definition) is 2. The molecule has 16 heavy (non-hydrogen) atoms. The van der Waals surface area contributed by atoms with E-state index < -0.39 is 6.10 Å². The molecular formula is C13H17FO2. The summed E-state index contributed by atoms with van der Waals surface area (Å²) >= 11 is 0. The molecule has 88 valence electrons. The van der Waals surface area contributed by atoms with Gasteiger partial charge in [-0.15, -0.1) is 0 Å². The Morgan fingerprint density at radius 1 is 1.44 bits per heavy atom. The molecule has 2 rings (SSSR count). The van der Waals surface area contributed by atoms with E-state index in [1.807, 2.05) is 19.9 Å². The summed E-state index contributed by atoms with van der Waals surface area (Å²) in [5.41, 5.74) is 2.13. The first-order valence-corrected chi connectivity index (χ1v) is 5.62. The monoisotopic (exact) mass is 224 g/mol. The number of halogens is 1. The van der Waals surface area contributed by atoms with E-state index in [0.717, 1.165) is 17.5 Å². The summed E-state index contributed by atoms with van der Waals surface area (Å²) in [4.78, 5) is 0. The van der Waals surface area contributed by atoms with E-state index >= 15 is 0 Å². The molecule has 0 aromatic heterocycles. The van der Waals surface area contributed by atoms with Crippen LogP contribution in [0.3, 0.4) is 0 Å². The Morgan fingerprint density at radius 3 is 2.75 bits per heavy atom. The van der Waals surface area contributed by atoms with Gasteiger partial charge in [0.15, 0.2) is 0 Å². The molecule has 0 amide bonds. The van der Waals surface area contributed by atoms with Crippen LogP contribution in [0.15, 0.2) is 12.1 Å². The van der Waals surface area contributed by atoms with Gasteiger partial charge in [-0.2, -0.15) is 0 Å². The first kappa shape index (κ1) is 11.6. The lowest BCUT2D eigenvalue weighted by atomic mass is 9.91.